The third kappa shape index (κ3) is 11.2. The van der Waals surface area contributed by atoms with Crippen LogP contribution < -0.4 is 21.7 Å². The molecule has 0 saturated heterocycles. The Morgan fingerprint density at radius 1 is 0.763 bits per heavy atom. The van der Waals surface area contributed by atoms with E-state index in [0.717, 1.165) is 0 Å². The largest absolute Gasteiger partial charge is 0.508 e. The van der Waals surface area contributed by atoms with Gasteiger partial charge in [0.25, 0.3) is 0 Å². The zero-order valence-electron chi connectivity index (χ0n) is 21.0. The van der Waals surface area contributed by atoms with Gasteiger partial charge in [0.2, 0.25) is 17.7 Å². The summed E-state index contributed by atoms with van der Waals surface area (Å²) in [6.07, 6.45) is -1.64. The van der Waals surface area contributed by atoms with Gasteiger partial charge in [0, 0.05) is 12.8 Å². The van der Waals surface area contributed by atoms with Gasteiger partial charge in [-0.2, -0.15) is 0 Å². The standard InChI is InChI=1S/C24H34N4O10/c1-12(2)20(23(36)27-17(24(37)38)8-10-19(32)33)28-22(35)16(7-9-18(30)31)26-21(34)15(25)11-13-3-5-14(29)6-4-13/h3-6,12,15-17,20,29H,7-11,25H2,1-2H3,(H,26,34)(H,27,36)(H,28,35)(H,30,31)(H,32,33)(H,37,38). The van der Waals surface area contributed by atoms with Gasteiger partial charge in [-0.1, -0.05) is 26.0 Å². The van der Waals surface area contributed by atoms with Crippen molar-refractivity contribution >= 4 is 35.6 Å². The van der Waals surface area contributed by atoms with Crippen LogP contribution in [-0.2, 0) is 35.2 Å². The number of phenolic OH excluding ortho intramolecular Hbond substituents is 1. The number of rotatable bonds is 16. The van der Waals surface area contributed by atoms with Gasteiger partial charge < -0.3 is 42.1 Å². The number of nitrogens with one attached hydrogen (secondary N) is 3. The summed E-state index contributed by atoms with van der Waals surface area (Å²) in [6, 6.07) is 0.664. The van der Waals surface area contributed by atoms with Gasteiger partial charge in [0.15, 0.2) is 0 Å². The minimum atomic E-state index is -1.52. The molecule has 0 bridgehead atoms. The second kappa shape index (κ2) is 15.1. The number of hydrogen-bond acceptors (Lipinski definition) is 8. The number of carboxylic acids is 3. The number of hydrogen-bond donors (Lipinski definition) is 8. The van der Waals surface area contributed by atoms with E-state index in [2.05, 4.69) is 16.0 Å². The molecule has 4 unspecified atom stereocenters. The van der Waals surface area contributed by atoms with E-state index in [0.29, 0.717) is 5.56 Å². The van der Waals surface area contributed by atoms with Crippen LogP contribution in [0.25, 0.3) is 0 Å². The number of amides is 3. The molecule has 0 radical (unpaired) electrons. The van der Waals surface area contributed by atoms with Crippen molar-refractivity contribution < 1.29 is 49.2 Å². The summed E-state index contributed by atoms with van der Waals surface area (Å²) in [5.41, 5.74) is 6.57. The molecule has 14 nitrogen and oxygen atoms in total. The average Bonchev–Trinajstić information content (AvgIpc) is 2.82. The minimum Gasteiger partial charge on any atom is -0.508 e. The molecule has 0 fully saturated rings. The Morgan fingerprint density at radius 2 is 1.26 bits per heavy atom. The van der Waals surface area contributed by atoms with Crippen molar-refractivity contribution in [3.63, 3.8) is 0 Å². The molecule has 0 spiro atoms. The first kappa shape index (κ1) is 31.8. The predicted molar refractivity (Wildman–Crippen MR) is 132 cm³/mol. The summed E-state index contributed by atoms with van der Waals surface area (Å²) < 4.78 is 0. The number of nitrogens with two attached hydrogens (primary N) is 1. The van der Waals surface area contributed by atoms with E-state index in [-0.39, 0.29) is 25.0 Å². The van der Waals surface area contributed by atoms with Gasteiger partial charge in [-0.25, -0.2) is 4.79 Å². The number of carbonyl (C=O) groups is 6. The third-order valence-electron chi connectivity index (χ3n) is 5.52. The highest BCUT2D eigenvalue weighted by Gasteiger charge is 2.32. The molecule has 0 saturated carbocycles. The molecule has 0 heterocycles. The number of carbonyl (C=O) groups excluding carboxylic acids is 3. The second-order valence-electron chi connectivity index (χ2n) is 9.03. The molecular weight excluding hydrogens is 504 g/mol. The van der Waals surface area contributed by atoms with Crippen molar-refractivity contribution in [2.75, 3.05) is 0 Å². The fourth-order valence-corrected chi connectivity index (χ4v) is 3.37. The van der Waals surface area contributed by atoms with E-state index in [1.807, 2.05) is 0 Å². The lowest BCUT2D eigenvalue weighted by atomic mass is 10.0. The molecule has 4 atom stereocenters. The fraction of sp³-hybridized carbons (Fsp3) is 0.500. The first-order valence-electron chi connectivity index (χ1n) is 11.8. The molecule has 210 valence electrons. The van der Waals surface area contributed by atoms with E-state index in [1.54, 1.807) is 26.0 Å². The molecule has 9 N–H and O–H groups in total. The summed E-state index contributed by atoms with van der Waals surface area (Å²) in [4.78, 5) is 71.7. The van der Waals surface area contributed by atoms with E-state index in [1.165, 1.54) is 12.1 Å². The van der Waals surface area contributed by atoms with E-state index >= 15 is 0 Å². The quantitative estimate of drug-likeness (QED) is 0.129. The minimum absolute atomic E-state index is 0.0254. The van der Waals surface area contributed by atoms with Crippen LogP contribution in [0.3, 0.4) is 0 Å². The Labute approximate surface area is 218 Å². The number of benzene rings is 1. The maximum absolute atomic E-state index is 13.0. The molecule has 14 heteroatoms. The molecule has 1 aromatic carbocycles. The summed E-state index contributed by atoms with van der Waals surface area (Å²) in [7, 11) is 0. The van der Waals surface area contributed by atoms with Crippen molar-refractivity contribution in [2.24, 2.45) is 11.7 Å². The first-order valence-corrected chi connectivity index (χ1v) is 11.8. The number of carboxylic acid groups (broad SMARTS) is 3. The van der Waals surface area contributed by atoms with Crippen molar-refractivity contribution in [3.8, 4) is 5.75 Å². The average molecular weight is 539 g/mol. The Bertz CT molecular complexity index is 1010. The molecule has 3 amide bonds. The van der Waals surface area contributed by atoms with Crippen LogP contribution in [0.15, 0.2) is 24.3 Å². The highest BCUT2D eigenvalue weighted by molar-refractivity contribution is 5.94. The number of aliphatic carboxylic acids is 3. The van der Waals surface area contributed by atoms with Gasteiger partial charge in [-0.3, -0.25) is 24.0 Å². The summed E-state index contributed by atoms with van der Waals surface area (Å²) in [5, 5.41) is 43.5. The summed E-state index contributed by atoms with van der Waals surface area (Å²) >= 11 is 0. The Morgan fingerprint density at radius 3 is 1.74 bits per heavy atom. The SMILES string of the molecule is CC(C)C(NC(=O)C(CCC(=O)O)NC(=O)C(N)Cc1ccc(O)cc1)C(=O)NC(CCC(=O)O)C(=O)O. The van der Waals surface area contributed by atoms with Crippen LogP contribution in [-0.4, -0.2) is 80.2 Å². The third-order valence-corrected chi connectivity index (χ3v) is 5.52. The Balaban J connectivity index is 2.96. The van der Waals surface area contributed by atoms with Crippen molar-refractivity contribution in [1.29, 1.82) is 0 Å². The van der Waals surface area contributed by atoms with Crippen molar-refractivity contribution in [3.05, 3.63) is 29.8 Å². The lowest BCUT2D eigenvalue weighted by molar-refractivity contribution is -0.143. The van der Waals surface area contributed by atoms with E-state index in [9.17, 15) is 39.0 Å². The van der Waals surface area contributed by atoms with E-state index in [4.69, 9.17) is 15.9 Å². The zero-order valence-corrected chi connectivity index (χ0v) is 21.0. The maximum atomic E-state index is 13.0. The smallest absolute Gasteiger partial charge is 0.326 e. The molecule has 38 heavy (non-hydrogen) atoms. The lowest BCUT2D eigenvalue weighted by Gasteiger charge is -2.27. The molecule has 0 aliphatic heterocycles. The van der Waals surface area contributed by atoms with Crippen LogP contribution in [0.1, 0.15) is 45.1 Å². The number of phenols is 1. The van der Waals surface area contributed by atoms with E-state index < -0.39 is 78.6 Å². The maximum Gasteiger partial charge on any atom is 0.326 e. The van der Waals surface area contributed by atoms with Crippen LogP contribution in [0.2, 0.25) is 0 Å². The number of aromatic hydroxyl groups is 1. The highest BCUT2D eigenvalue weighted by Crippen LogP contribution is 2.12. The second-order valence-corrected chi connectivity index (χ2v) is 9.03. The van der Waals surface area contributed by atoms with Crippen LogP contribution in [0.5, 0.6) is 5.75 Å². The highest BCUT2D eigenvalue weighted by atomic mass is 16.4. The zero-order chi connectivity index (χ0) is 29.0. The normalized spacial score (nSPS) is 14.0. The fourth-order valence-electron chi connectivity index (χ4n) is 3.37. The van der Waals surface area contributed by atoms with Crippen molar-refractivity contribution in [1.82, 2.24) is 16.0 Å². The molecule has 1 rings (SSSR count). The van der Waals surface area contributed by atoms with Crippen molar-refractivity contribution in [2.45, 2.75) is 70.1 Å². The molecule has 1 aromatic rings. The van der Waals surface area contributed by atoms with Crippen LogP contribution in [0.4, 0.5) is 0 Å². The molecule has 0 aromatic heterocycles. The predicted octanol–water partition coefficient (Wildman–Crippen LogP) is -0.813. The van der Waals surface area contributed by atoms with Gasteiger partial charge in [-0.15, -0.1) is 0 Å². The molecular formula is C24H34N4O10. The lowest BCUT2D eigenvalue weighted by Crippen LogP contribution is -2.58. The first-order chi connectivity index (χ1) is 17.7. The van der Waals surface area contributed by atoms with Gasteiger partial charge in [-0.05, 0) is 42.9 Å². The monoisotopic (exact) mass is 538 g/mol. The molecule has 0 aliphatic rings. The molecule has 0 aliphatic carbocycles. The summed E-state index contributed by atoms with van der Waals surface area (Å²) in [6.45, 7) is 3.13. The summed E-state index contributed by atoms with van der Waals surface area (Å²) in [5.74, 6) is -7.00. The van der Waals surface area contributed by atoms with Crippen LogP contribution in [0, 0.1) is 5.92 Å². The van der Waals surface area contributed by atoms with Gasteiger partial charge in [0.05, 0.1) is 6.04 Å². The van der Waals surface area contributed by atoms with Gasteiger partial charge in [0.1, 0.15) is 23.9 Å². The van der Waals surface area contributed by atoms with Crippen LogP contribution >= 0.6 is 0 Å². The Kier molecular flexibility index (Phi) is 12.7. The topological polar surface area (TPSA) is 245 Å². The Hall–Kier alpha value is -4.20. The van der Waals surface area contributed by atoms with Gasteiger partial charge >= 0.3 is 17.9 Å².